The van der Waals surface area contributed by atoms with Crippen LogP contribution >= 0.6 is 15.9 Å². The van der Waals surface area contributed by atoms with Crippen molar-refractivity contribution in [3.63, 3.8) is 0 Å². The molecule has 4 nitrogen and oxygen atoms in total. The van der Waals surface area contributed by atoms with E-state index in [4.69, 9.17) is 5.73 Å². The van der Waals surface area contributed by atoms with E-state index in [1.165, 1.54) is 19.3 Å². The standard InChI is InChI=1S/C15H22BrN3O/c1-11-12(5-6-13(16)18-11)19-14(20)9-15(10-17)7-3-2-4-8-15/h5-6H,2-4,7-10,17H2,1H3,(H,19,20). The topological polar surface area (TPSA) is 68.0 Å². The zero-order valence-corrected chi connectivity index (χ0v) is 13.5. The van der Waals surface area contributed by atoms with Gasteiger partial charge in [-0.25, -0.2) is 4.98 Å². The van der Waals surface area contributed by atoms with Gasteiger partial charge in [0.1, 0.15) is 4.60 Å². The van der Waals surface area contributed by atoms with Crippen molar-refractivity contribution in [2.75, 3.05) is 11.9 Å². The average Bonchev–Trinajstić information content (AvgIpc) is 2.43. The molecule has 1 heterocycles. The molecule has 20 heavy (non-hydrogen) atoms. The van der Waals surface area contributed by atoms with Gasteiger partial charge in [0.15, 0.2) is 0 Å². The maximum Gasteiger partial charge on any atom is 0.225 e. The lowest BCUT2D eigenvalue weighted by molar-refractivity contribution is -0.118. The molecule has 2 rings (SSSR count). The van der Waals surface area contributed by atoms with Crippen molar-refractivity contribution in [1.29, 1.82) is 0 Å². The highest BCUT2D eigenvalue weighted by Crippen LogP contribution is 2.38. The third-order valence-electron chi connectivity index (χ3n) is 4.21. The molecular weight excluding hydrogens is 318 g/mol. The van der Waals surface area contributed by atoms with Gasteiger partial charge in [0.05, 0.1) is 11.4 Å². The fraction of sp³-hybridized carbons (Fsp3) is 0.600. The number of aryl methyl sites for hydroxylation is 1. The summed E-state index contributed by atoms with van der Waals surface area (Å²) in [6, 6.07) is 3.71. The van der Waals surface area contributed by atoms with Gasteiger partial charge in [-0.3, -0.25) is 4.79 Å². The third-order valence-corrected chi connectivity index (χ3v) is 4.65. The number of aromatic nitrogens is 1. The number of carbonyl (C=O) groups excluding carboxylic acids is 1. The summed E-state index contributed by atoms with van der Waals surface area (Å²) in [5.41, 5.74) is 7.53. The van der Waals surface area contributed by atoms with E-state index in [1.807, 2.05) is 19.1 Å². The molecule has 0 unspecified atom stereocenters. The zero-order valence-electron chi connectivity index (χ0n) is 11.9. The molecule has 1 saturated carbocycles. The van der Waals surface area contributed by atoms with Crippen LogP contribution in [-0.2, 0) is 4.79 Å². The Bertz CT molecular complexity index is 484. The molecule has 0 radical (unpaired) electrons. The summed E-state index contributed by atoms with van der Waals surface area (Å²) in [5, 5.41) is 2.97. The number of hydrogen-bond acceptors (Lipinski definition) is 3. The van der Waals surface area contributed by atoms with Crippen LogP contribution in [0, 0.1) is 12.3 Å². The summed E-state index contributed by atoms with van der Waals surface area (Å²) in [7, 11) is 0. The van der Waals surface area contributed by atoms with Crippen LogP contribution in [-0.4, -0.2) is 17.4 Å². The van der Waals surface area contributed by atoms with E-state index in [0.717, 1.165) is 28.8 Å². The first-order valence-corrected chi connectivity index (χ1v) is 7.97. The molecule has 1 aliphatic carbocycles. The monoisotopic (exact) mass is 339 g/mol. The maximum atomic E-state index is 12.3. The number of rotatable bonds is 4. The van der Waals surface area contributed by atoms with E-state index in [-0.39, 0.29) is 11.3 Å². The molecule has 0 atom stereocenters. The first-order chi connectivity index (χ1) is 9.54. The first-order valence-electron chi connectivity index (χ1n) is 7.18. The number of pyridine rings is 1. The smallest absolute Gasteiger partial charge is 0.225 e. The molecule has 0 spiro atoms. The number of carbonyl (C=O) groups is 1. The Hall–Kier alpha value is -0.940. The van der Waals surface area contributed by atoms with E-state index in [1.54, 1.807) is 0 Å². The number of nitrogens with zero attached hydrogens (tertiary/aromatic N) is 1. The second kappa shape index (κ2) is 6.68. The number of nitrogens with two attached hydrogens (primary N) is 1. The number of nitrogens with one attached hydrogen (secondary N) is 1. The highest BCUT2D eigenvalue weighted by molar-refractivity contribution is 9.10. The van der Waals surface area contributed by atoms with Crippen LogP contribution in [0.1, 0.15) is 44.2 Å². The number of anilines is 1. The van der Waals surface area contributed by atoms with E-state index >= 15 is 0 Å². The summed E-state index contributed by atoms with van der Waals surface area (Å²) in [5.74, 6) is 0.0459. The second-order valence-corrected chi connectivity index (χ2v) is 6.57. The highest BCUT2D eigenvalue weighted by Gasteiger charge is 2.33. The van der Waals surface area contributed by atoms with Gasteiger partial charge in [-0.1, -0.05) is 19.3 Å². The number of halogens is 1. The SMILES string of the molecule is Cc1nc(Br)ccc1NC(=O)CC1(CN)CCCCC1. The number of amides is 1. The van der Waals surface area contributed by atoms with Crippen LogP contribution in [0.25, 0.3) is 0 Å². The van der Waals surface area contributed by atoms with Crippen molar-refractivity contribution in [2.24, 2.45) is 11.1 Å². The normalized spacial score (nSPS) is 17.8. The predicted molar refractivity (Wildman–Crippen MR) is 84.5 cm³/mol. The summed E-state index contributed by atoms with van der Waals surface area (Å²) in [6.45, 7) is 2.48. The predicted octanol–water partition coefficient (Wildman–Crippen LogP) is 3.39. The van der Waals surface area contributed by atoms with Crippen LogP contribution in [0.3, 0.4) is 0 Å². The van der Waals surface area contributed by atoms with E-state index in [0.29, 0.717) is 13.0 Å². The van der Waals surface area contributed by atoms with E-state index < -0.39 is 0 Å². The quantitative estimate of drug-likeness (QED) is 0.826. The molecule has 0 aromatic carbocycles. The Morgan fingerprint density at radius 3 is 2.70 bits per heavy atom. The Balaban J connectivity index is 2.00. The molecule has 1 aliphatic rings. The van der Waals surface area contributed by atoms with Gasteiger partial charge in [0.25, 0.3) is 0 Å². The summed E-state index contributed by atoms with van der Waals surface area (Å²) in [6.07, 6.45) is 6.27. The van der Waals surface area contributed by atoms with Crippen LogP contribution in [0.15, 0.2) is 16.7 Å². The Labute approximate surface area is 128 Å². The van der Waals surface area contributed by atoms with E-state index in [9.17, 15) is 4.79 Å². The Morgan fingerprint density at radius 2 is 2.10 bits per heavy atom. The number of hydrogen-bond donors (Lipinski definition) is 2. The lowest BCUT2D eigenvalue weighted by Gasteiger charge is -2.35. The summed E-state index contributed by atoms with van der Waals surface area (Å²) >= 11 is 3.32. The first kappa shape index (κ1) is 15.4. The van der Waals surface area contributed by atoms with Crippen LogP contribution in [0.4, 0.5) is 5.69 Å². The second-order valence-electron chi connectivity index (χ2n) is 5.76. The molecule has 1 fully saturated rings. The molecule has 1 aromatic rings. The van der Waals surface area contributed by atoms with Crippen molar-refractivity contribution in [1.82, 2.24) is 4.98 Å². The van der Waals surface area contributed by atoms with Crippen LogP contribution < -0.4 is 11.1 Å². The molecule has 0 aliphatic heterocycles. The third kappa shape index (κ3) is 3.79. The Kier molecular flexibility index (Phi) is 5.16. The van der Waals surface area contributed by atoms with Gasteiger partial charge in [0.2, 0.25) is 5.91 Å². The molecule has 110 valence electrons. The minimum Gasteiger partial charge on any atom is -0.330 e. The lowest BCUT2D eigenvalue weighted by Crippen LogP contribution is -2.36. The highest BCUT2D eigenvalue weighted by atomic mass is 79.9. The van der Waals surface area contributed by atoms with Gasteiger partial charge >= 0.3 is 0 Å². The molecule has 1 aromatic heterocycles. The maximum absolute atomic E-state index is 12.3. The minimum atomic E-state index is -0.000962. The molecule has 5 heteroatoms. The Morgan fingerprint density at radius 1 is 1.40 bits per heavy atom. The fourth-order valence-corrected chi connectivity index (χ4v) is 3.35. The van der Waals surface area contributed by atoms with Crippen LogP contribution in [0.5, 0.6) is 0 Å². The van der Waals surface area contributed by atoms with Gasteiger partial charge in [-0.2, -0.15) is 0 Å². The van der Waals surface area contributed by atoms with Gasteiger partial charge < -0.3 is 11.1 Å². The summed E-state index contributed by atoms with van der Waals surface area (Å²) in [4.78, 5) is 16.6. The van der Waals surface area contributed by atoms with Gasteiger partial charge in [-0.15, -0.1) is 0 Å². The van der Waals surface area contributed by atoms with Crippen molar-refractivity contribution >= 4 is 27.5 Å². The molecule has 0 saturated heterocycles. The zero-order chi connectivity index (χ0) is 14.6. The largest absolute Gasteiger partial charge is 0.330 e. The average molecular weight is 340 g/mol. The van der Waals surface area contributed by atoms with Gasteiger partial charge in [-0.05, 0) is 59.8 Å². The van der Waals surface area contributed by atoms with Crippen LogP contribution in [0.2, 0.25) is 0 Å². The molecular formula is C15H22BrN3O. The fourth-order valence-electron chi connectivity index (χ4n) is 2.95. The molecule has 3 N–H and O–H groups in total. The summed E-state index contributed by atoms with van der Waals surface area (Å²) < 4.78 is 0.777. The van der Waals surface area contributed by atoms with Crippen molar-refractivity contribution in [3.8, 4) is 0 Å². The van der Waals surface area contributed by atoms with E-state index in [2.05, 4.69) is 26.2 Å². The lowest BCUT2D eigenvalue weighted by atomic mass is 9.71. The van der Waals surface area contributed by atoms with Gasteiger partial charge in [0, 0.05) is 6.42 Å². The van der Waals surface area contributed by atoms with Crippen molar-refractivity contribution in [2.45, 2.75) is 45.4 Å². The van der Waals surface area contributed by atoms with Crippen molar-refractivity contribution < 1.29 is 4.79 Å². The minimum absolute atomic E-state index is 0.000962. The molecule has 0 bridgehead atoms. The van der Waals surface area contributed by atoms with Crippen molar-refractivity contribution in [3.05, 3.63) is 22.4 Å². The molecule has 1 amide bonds.